The van der Waals surface area contributed by atoms with Gasteiger partial charge in [0.1, 0.15) is 0 Å². The lowest BCUT2D eigenvalue weighted by atomic mass is 10.4. The fourth-order valence-corrected chi connectivity index (χ4v) is 0.341. The second kappa shape index (κ2) is 4.93. The Bertz CT molecular complexity index is 130. The van der Waals surface area contributed by atoms with Crippen LogP contribution >= 0.6 is 0 Å². The van der Waals surface area contributed by atoms with E-state index in [2.05, 4.69) is 4.74 Å². The Morgan fingerprint density at radius 2 is 2.00 bits per heavy atom. The Balaban J connectivity index is 3.47. The molecule has 10 heavy (non-hydrogen) atoms. The van der Waals surface area contributed by atoms with E-state index in [-0.39, 0.29) is 19.4 Å². The second-order valence-electron chi connectivity index (χ2n) is 1.67. The van der Waals surface area contributed by atoms with Crippen molar-refractivity contribution in [3.63, 3.8) is 0 Å². The predicted molar refractivity (Wildman–Crippen MR) is 33.1 cm³/mol. The van der Waals surface area contributed by atoms with Crippen LogP contribution in [0.1, 0.15) is 19.8 Å². The number of carbonyl (C=O) groups excluding carboxylic acids is 2. The molecule has 0 aliphatic rings. The highest BCUT2D eigenvalue weighted by Gasteiger charge is 2.05. The third-order valence-corrected chi connectivity index (χ3v) is 0.832. The topological polar surface area (TPSA) is 63.6 Å². The highest BCUT2D eigenvalue weighted by Crippen LogP contribution is 1.88. The third kappa shape index (κ3) is 4.03. The van der Waals surface area contributed by atoms with Crippen LogP contribution in [0.2, 0.25) is 0 Å². The smallest absolute Gasteiger partial charge is 0.315 e. The molecule has 0 rings (SSSR count). The summed E-state index contributed by atoms with van der Waals surface area (Å²) in [5.41, 5.74) is 0. The summed E-state index contributed by atoms with van der Waals surface area (Å²) in [6, 6.07) is 0. The molecule has 0 amide bonds. The highest BCUT2D eigenvalue weighted by molar-refractivity contribution is 5.85. The van der Waals surface area contributed by atoms with Crippen molar-refractivity contribution in [1.82, 2.24) is 0 Å². The van der Waals surface area contributed by atoms with Gasteiger partial charge in [0, 0.05) is 6.42 Å². The van der Waals surface area contributed by atoms with Gasteiger partial charge in [-0.05, 0) is 0 Å². The summed E-state index contributed by atoms with van der Waals surface area (Å²) in [7, 11) is 0. The van der Waals surface area contributed by atoms with Crippen LogP contribution in [0.4, 0.5) is 0 Å². The third-order valence-electron chi connectivity index (χ3n) is 0.832. The quantitative estimate of drug-likeness (QED) is 0.444. The molecule has 0 unspecified atom stereocenters. The van der Waals surface area contributed by atoms with Crippen LogP contribution in [-0.4, -0.2) is 23.7 Å². The van der Waals surface area contributed by atoms with Crippen molar-refractivity contribution in [3.05, 3.63) is 0 Å². The lowest BCUT2D eigenvalue weighted by Gasteiger charge is -1.97. The van der Waals surface area contributed by atoms with Crippen LogP contribution in [0.25, 0.3) is 0 Å². The van der Waals surface area contributed by atoms with Crippen molar-refractivity contribution >= 4 is 11.9 Å². The zero-order valence-electron chi connectivity index (χ0n) is 5.79. The summed E-state index contributed by atoms with van der Waals surface area (Å²) in [4.78, 5) is 20.8. The molecule has 4 heteroatoms. The molecule has 0 saturated carbocycles. The van der Waals surface area contributed by atoms with E-state index in [0.29, 0.717) is 0 Å². The van der Waals surface area contributed by atoms with Crippen LogP contribution in [0.5, 0.6) is 0 Å². The van der Waals surface area contributed by atoms with Crippen molar-refractivity contribution in [3.8, 4) is 0 Å². The van der Waals surface area contributed by atoms with Crippen molar-refractivity contribution in [2.75, 3.05) is 6.61 Å². The molecule has 4 nitrogen and oxygen atoms in total. The van der Waals surface area contributed by atoms with Gasteiger partial charge in [0.15, 0.2) is 0 Å². The van der Waals surface area contributed by atoms with E-state index in [1.54, 1.807) is 6.92 Å². The first-order valence-corrected chi connectivity index (χ1v) is 3.05. The molecule has 0 aromatic rings. The average Bonchev–Trinajstić information content (AvgIpc) is 1.88. The summed E-state index contributed by atoms with van der Waals surface area (Å²) < 4.78 is 4.20. The number of rotatable bonds is 3. The van der Waals surface area contributed by atoms with Gasteiger partial charge in [-0.3, -0.25) is 9.59 Å². The van der Waals surface area contributed by atoms with E-state index in [4.69, 9.17) is 5.11 Å². The number of aliphatic hydroxyl groups is 1. The largest absolute Gasteiger partial charge is 0.396 e. The zero-order valence-corrected chi connectivity index (χ0v) is 5.79. The normalized spacial score (nSPS) is 9.00. The Morgan fingerprint density at radius 1 is 1.40 bits per heavy atom. The van der Waals surface area contributed by atoms with E-state index >= 15 is 0 Å². The first-order chi connectivity index (χ1) is 4.70. The minimum absolute atomic E-state index is 0.119. The molecule has 0 spiro atoms. The molecule has 0 fully saturated rings. The SMILES string of the molecule is CCC(=O)OC(=O)CCO. The number of hydrogen-bond acceptors (Lipinski definition) is 4. The molecule has 0 aliphatic carbocycles. The predicted octanol–water partition coefficient (Wildman–Crippen LogP) is -0.151. The Hall–Kier alpha value is -0.900. The first-order valence-electron chi connectivity index (χ1n) is 3.05. The maximum Gasteiger partial charge on any atom is 0.315 e. The molecule has 0 aromatic heterocycles. The lowest BCUT2D eigenvalue weighted by Crippen LogP contribution is -2.11. The molecular weight excluding hydrogens is 136 g/mol. The van der Waals surface area contributed by atoms with E-state index in [9.17, 15) is 9.59 Å². The number of esters is 2. The molecule has 0 bridgehead atoms. The number of aliphatic hydroxyl groups excluding tert-OH is 1. The van der Waals surface area contributed by atoms with Crippen LogP contribution in [0.3, 0.4) is 0 Å². The molecule has 0 aliphatic heterocycles. The van der Waals surface area contributed by atoms with Gasteiger partial charge < -0.3 is 9.84 Å². The van der Waals surface area contributed by atoms with E-state index in [1.165, 1.54) is 0 Å². The molecule has 0 saturated heterocycles. The monoisotopic (exact) mass is 146 g/mol. The van der Waals surface area contributed by atoms with Gasteiger partial charge in [-0.25, -0.2) is 0 Å². The molecule has 0 radical (unpaired) electrons. The standard InChI is InChI=1S/C6H10O4/c1-2-5(8)10-6(9)3-4-7/h7H,2-4H2,1H3. The van der Waals surface area contributed by atoms with Gasteiger partial charge in [-0.1, -0.05) is 6.92 Å². The second-order valence-corrected chi connectivity index (χ2v) is 1.67. The van der Waals surface area contributed by atoms with Gasteiger partial charge in [-0.2, -0.15) is 0 Å². The maximum absolute atomic E-state index is 10.4. The molecule has 1 N–H and O–H groups in total. The van der Waals surface area contributed by atoms with Crippen molar-refractivity contribution < 1.29 is 19.4 Å². The van der Waals surface area contributed by atoms with Gasteiger partial charge in [-0.15, -0.1) is 0 Å². The summed E-state index contributed by atoms with van der Waals surface area (Å²) in [6.45, 7) is 1.31. The number of carbonyl (C=O) groups is 2. The average molecular weight is 146 g/mol. The number of hydrogen-bond donors (Lipinski definition) is 1. The van der Waals surface area contributed by atoms with E-state index in [1.807, 2.05) is 0 Å². The van der Waals surface area contributed by atoms with Gasteiger partial charge in [0.05, 0.1) is 13.0 Å². The van der Waals surface area contributed by atoms with Gasteiger partial charge in [0.25, 0.3) is 0 Å². The van der Waals surface area contributed by atoms with Crippen molar-refractivity contribution in [1.29, 1.82) is 0 Å². The minimum atomic E-state index is -0.672. The van der Waals surface area contributed by atoms with Crippen LogP contribution in [0.15, 0.2) is 0 Å². The van der Waals surface area contributed by atoms with Crippen molar-refractivity contribution in [2.24, 2.45) is 0 Å². The van der Waals surface area contributed by atoms with Gasteiger partial charge >= 0.3 is 11.9 Å². The summed E-state index contributed by atoms with van der Waals surface area (Å²) in [6.07, 6.45) is 0.0584. The van der Waals surface area contributed by atoms with Crippen LogP contribution < -0.4 is 0 Å². The summed E-state index contributed by atoms with van der Waals surface area (Å²) in [5.74, 6) is -1.23. The van der Waals surface area contributed by atoms with E-state index < -0.39 is 11.9 Å². The minimum Gasteiger partial charge on any atom is -0.396 e. The van der Waals surface area contributed by atoms with Crippen LogP contribution in [0, 0.1) is 0 Å². The first kappa shape index (κ1) is 9.10. The lowest BCUT2D eigenvalue weighted by molar-refractivity contribution is -0.159. The Labute approximate surface area is 58.8 Å². The zero-order chi connectivity index (χ0) is 7.98. The van der Waals surface area contributed by atoms with Crippen molar-refractivity contribution in [2.45, 2.75) is 19.8 Å². The van der Waals surface area contributed by atoms with Crippen LogP contribution in [-0.2, 0) is 14.3 Å². The maximum atomic E-state index is 10.4. The van der Waals surface area contributed by atoms with E-state index in [0.717, 1.165) is 0 Å². The molecule has 58 valence electrons. The Morgan fingerprint density at radius 3 is 2.40 bits per heavy atom. The summed E-state index contributed by atoms with van der Waals surface area (Å²) >= 11 is 0. The van der Waals surface area contributed by atoms with Gasteiger partial charge in [0.2, 0.25) is 0 Å². The molecule has 0 heterocycles. The fraction of sp³-hybridized carbons (Fsp3) is 0.667. The fourth-order valence-electron chi connectivity index (χ4n) is 0.341. The molecule has 0 atom stereocenters. The molecular formula is C6H10O4. The number of ether oxygens (including phenoxy) is 1. The molecule has 0 aromatic carbocycles. The Kier molecular flexibility index (Phi) is 4.49. The highest BCUT2D eigenvalue weighted by atomic mass is 16.6. The summed E-state index contributed by atoms with van der Waals surface area (Å²) in [5, 5.41) is 8.21.